The third kappa shape index (κ3) is 4.38. The number of carbonyl (C=O) groups is 2. The maximum absolute atomic E-state index is 13.3. The number of fused-ring (bicyclic) bond motifs is 1. The van der Waals surface area contributed by atoms with Crippen molar-refractivity contribution in [2.45, 2.75) is 12.5 Å². The van der Waals surface area contributed by atoms with E-state index in [0.717, 1.165) is 11.3 Å². The molecule has 8 heteroatoms. The molecule has 1 amide bonds. The number of hydrogen-bond donors (Lipinski definition) is 2. The molecule has 36 heavy (non-hydrogen) atoms. The molecule has 0 bridgehead atoms. The van der Waals surface area contributed by atoms with Crippen LogP contribution >= 0.6 is 11.6 Å². The van der Waals surface area contributed by atoms with E-state index in [1.165, 1.54) is 17.0 Å². The molecule has 2 N–H and O–H groups in total. The van der Waals surface area contributed by atoms with Crippen molar-refractivity contribution in [3.8, 4) is 11.5 Å². The molecule has 3 aromatic carbocycles. The predicted octanol–water partition coefficient (Wildman–Crippen LogP) is 4.54. The number of benzene rings is 3. The van der Waals surface area contributed by atoms with E-state index in [1.807, 2.05) is 24.1 Å². The number of nitrogens with zero attached hydrogens (tertiary/aromatic N) is 2. The zero-order chi connectivity index (χ0) is 25.4. The van der Waals surface area contributed by atoms with Gasteiger partial charge in [-0.1, -0.05) is 35.9 Å². The Kier molecular flexibility index (Phi) is 6.33. The van der Waals surface area contributed by atoms with Gasteiger partial charge in [0.1, 0.15) is 23.9 Å². The Hall–Kier alpha value is -3.97. The Bertz CT molecular complexity index is 1370. The van der Waals surface area contributed by atoms with Crippen LogP contribution in [0, 0.1) is 0 Å². The lowest BCUT2D eigenvalue weighted by Gasteiger charge is -2.28. The summed E-state index contributed by atoms with van der Waals surface area (Å²) < 4.78 is 5.69. The Labute approximate surface area is 213 Å². The second kappa shape index (κ2) is 9.59. The second-order valence-corrected chi connectivity index (χ2v) is 9.35. The lowest BCUT2D eigenvalue weighted by atomic mass is 9.94. The third-order valence-electron chi connectivity index (χ3n) is 6.61. The van der Waals surface area contributed by atoms with E-state index < -0.39 is 17.7 Å². The molecule has 0 spiro atoms. The smallest absolute Gasteiger partial charge is 0.295 e. The molecule has 7 nitrogen and oxygen atoms in total. The van der Waals surface area contributed by atoms with Gasteiger partial charge < -0.3 is 24.7 Å². The van der Waals surface area contributed by atoms with Gasteiger partial charge in [0, 0.05) is 24.2 Å². The highest BCUT2D eigenvalue weighted by molar-refractivity contribution is 6.46. The van der Waals surface area contributed by atoms with Gasteiger partial charge in [-0.05, 0) is 60.0 Å². The first-order valence-corrected chi connectivity index (χ1v) is 12.0. The molecule has 184 valence electrons. The molecule has 1 atom stereocenters. The van der Waals surface area contributed by atoms with Gasteiger partial charge in [-0.2, -0.15) is 0 Å². The van der Waals surface area contributed by atoms with E-state index in [1.54, 1.807) is 42.5 Å². The highest BCUT2D eigenvalue weighted by Crippen LogP contribution is 2.41. The molecule has 1 saturated heterocycles. The number of aliphatic hydroxyl groups is 1. The summed E-state index contributed by atoms with van der Waals surface area (Å²) in [6, 6.07) is 18.0. The molecule has 0 aromatic heterocycles. The zero-order valence-electron chi connectivity index (χ0n) is 19.6. The monoisotopic (exact) mass is 504 g/mol. The van der Waals surface area contributed by atoms with Crippen molar-refractivity contribution >= 4 is 34.7 Å². The fraction of sp³-hybridized carbons (Fsp3) is 0.214. The largest absolute Gasteiger partial charge is 0.508 e. The van der Waals surface area contributed by atoms with E-state index in [4.69, 9.17) is 16.3 Å². The Morgan fingerprint density at radius 3 is 2.61 bits per heavy atom. The van der Waals surface area contributed by atoms with Crippen LogP contribution in [0.15, 0.2) is 72.3 Å². The van der Waals surface area contributed by atoms with Crippen molar-refractivity contribution < 1.29 is 24.5 Å². The summed E-state index contributed by atoms with van der Waals surface area (Å²) in [5.41, 5.74) is 2.67. The molecule has 1 fully saturated rings. The average molecular weight is 505 g/mol. The van der Waals surface area contributed by atoms with Crippen molar-refractivity contribution in [1.29, 1.82) is 0 Å². The van der Waals surface area contributed by atoms with E-state index in [2.05, 4.69) is 0 Å². The number of amides is 1. The molecule has 3 aromatic rings. The summed E-state index contributed by atoms with van der Waals surface area (Å²) >= 11 is 5.99. The number of aliphatic hydroxyl groups excluding tert-OH is 1. The number of carbonyl (C=O) groups excluding carboxylic acids is 2. The standard InChI is InChI=1S/C28H25ClN2O5/c1-30-13-14-36-23-10-7-19(16-22(23)30)26(33)24-25(18-3-2-4-21(32)15-18)31(28(35)27(24)34)12-11-17-5-8-20(29)9-6-17/h2-10,15-16,25,32-33H,11-14H2,1H3/b26-24-. The Balaban J connectivity index is 1.57. The van der Waals surface area contributed by atoms with Crippen molar-refractivity contribution in [1.82, 2.24) is 4.90 Å². The van der Waals surface area contributed by atoms with Crippen LogP contribution in [-0.2, 0) is 16.0 Å². The van der Waals surface area contributed by atoms with E-state index >= 15 is 0 Å². The minimum Gasteiger partial charge on any atom is -0.508 e. The number of likely N-dealkylation sites (tertiary alicyclic amines) is 1. The molecular weight excluding hydrogens is 480 g/mol. The van der Waals surface area contributed by atoms with E-state index in [0.29, 0.717) is 41.5 Å². The minimum absolute atomic E-state index is 0.00310. The van der Waals surface area contributed by atoms with Gasteiger partial charge in [-0.25, -0.2) is 0 Å². The highest BCUT2D eigenvalue weighted by atomic mass is 35.5. The summed E-state index contributed by atoms with van der Waals surface area (Å²) in [6.45, 7) is 1.49. The SMILES string of the molecule is CN1CCOc2ccc(/C(O)=C3/C(=O)C(=O)N(CCc4ccc(Cl)cc4)C3c3cccc(O)c3)cc21. The number of Topliss-reactive ketones (excluding diaryl/α,β-unsaturated/α-hetero) is 1. The summed E-state index contributed by atoms with van der Waals surface area (Å²) in [5, 5.41) is 22.1. The normalized spacial score (nSPS) is 18.8. The van der Waals surface area contributed by atoms with Gasteiger partial charge in [0.2, 0.25) is 0 Å². The van der Waals surface area contributed by atoms with Gasteiger partial charge in [0.05, 0.1) is 23.8 Å². The summed E-state index contributed by atoms with van der Waals surface area (Å²) in [5.74, 6) is -1.04. The number of phenols is 1. The number of halogens is 1. The summed E-state index contributed by atoms with van der Waals surface area (Å²) in [6.07, 6.45) is 0.487. The second-order valence-electron chi connectivity index (χ2n) is 8.92. The molecular formula is C28H25ClN2O5. The van der Waals surface area contributed by atoms with Crippen molar-refractivity contribution in [2.24, 2.45) is 0 Å². The van der Waals surface area contributed by atoms with Crippen LogP contribution in [0.4, 0.5) is 5.69 Å². The van der Waals surface area contributed by atoms with Gasteiger partial charge in [0.25, 0.3) is 11.7 Å². The number of rotatable bonds is 5. The van der Waals surface area contributed by atoms with Crippen molar-refractivity contribution in [2.75, 3.05) is 31.6 Å². The van der Waals surface area contributed by atoms with Crippen LogP contribution in [0.3, 0.4) is 0 Å². The van der Waals surface area contributed by atoms with Gasteiger partial charge in [-0.15, -0.1) is 0 Å². The number of likely N-dealkylation sites (N-methyl/N-ethyl adjacent to an activating group) is 1. The molecule has 5 rings (SSSR count). The predicted molar refractivity (Wildman–Crippen MR) is 137 cm³/mol. The number of aromatic hydroxyl groups is 1. The first kappa shape index (κ1) is 23.8. The zero-order valence-corrected chi connectivity index (χ0v) is 20.4. The van der Waals surface area contributed by atoms with Crippen molar-refractivity contribution in [3.05, 3.63) is 94.0 Å². The lowest BCUT2D eigenvalue weighted by Crippen LogP contribution is -2.31. The lowest BCUT2D eigenvalue weighted by molar-refractivity contribution is -0.139. The van der Waals surface area contributed by atoms with Gasteiger partial charge in [0.15, 0.2) is 0 Å². The van der Waals surface area contributed by atoms with Crippen LogP contribution in [0.5, 0.6) is 11.5 Å². The molecule has 2 heterocycles. The van der Waals surface area contributed by atoms with Gasteiger partial charge in [-0.3, -0.25) is 9.59 Å². The fourth-order valence-corrected chi connectivity index (χ4v) is 4.83. The van der Waals surface area contributed by atoms with Gasteiger partial charge >= 0.3 is 0 Å². The van der Waals surface area contributed by atoms with Crippen LogP contribution in [0.25, 0.3) is 5.76 Å². The molecule has 0 aliphatic carbocycles. The van der Waals surface area contributed by atoms with E-state index in [9.17, 15) is 19.8 Å². The Morgan fingerprint density at radius 1 is 1.08 bits per heavy atom. The third-order valence-corrected chi connectivity index (χ3v) is 6.86. The number of ether oxygens (including phenoxy) is 1. The first-order valence-electron chi connectivity index (χ1n) is 11.6. The quantitative estimate of drug-likeness (QED) is 0.301. The maximum Gasteiger partial charge on any atom is 0.295 e. The highest BCUT2D eigenvalue weighted by Gasteiger charge is 2.46. The fourth-order valence-electron chi connectivity index (χ4n) is 4.71. The van der Waals surface area contributed by atoms with Crippen LogP contribution in [0.2, 0.25) is 5.02 Å². The summed E-state index contributed by atoms with van der Waals surface area (Å²) in [4.78, 5) is 29.9. The molecule has 0 radical (unpaired) electrons. The molecule has 0 saturated carbocycles. The van der Waals surface area contributed by atoms with Crippen LogP contribution in [-0.4, -0.2) is 53.5 Å². The first-order chi connectivity index (χ1) is 17.3. The Morgan fingerprint density at radius 2 is 1.86 bits per heavy atom. The van der Waals surface area contributed by atoms with Crippen LogP contribution in [0.1, 0.15) is 22.7 Å². The minimum atomic E-state index is -0.852. The molecule has 2 aliphatic heterocycles. The summed E-state index contributed by atoms with van der Waals surface area (Å²) in [7, 11) is 1.92. The topological polar surface area (TPSA) is 90.3 Å². The average Bonchev–Trinajstić information content (AvgIpc) is 3.13. The molecule has 2 aliphatic rings. The maximum atomic E-state index is 13.3. The number of hydrogen-bond acceptors (Lipinski definition) is 6. The number of anilines is 1. The van der Waals surface area contributed by atoms with Crippen LogP contribution < -0.4 is 9.64 Å². The van der Waals surface area contributed by atoms with Crippen molar-refractivity contribution in [3.63, 3.8) is 0 Å². The van der Waals surface area contributed by atoms with E-state index in [-0.39, 0.29) is 23.6 Å². The molecule has 1 unspecified atom stereocenters. The number of phenolic OH excluding ortho intramolecular Hbond substituents is 1. The number of ketones is 1.